The Hall–Kier alpha value is -2.05. The quantitative estimate of drug-likeness (QED) is 0.924. The average molecular weight is 351 g/mol. The van der Waals surface area contributed by atoms with E-state index in [9.17, 15) is 13.2 Å². The van der Waals surface area contributed by atoms with E-state index in [0.717, 1.165) is 0 Å². The van der Waals surface area contributed by atoms with Crippen LogP contribution in [0.3, 0.4) is 0 Å². The van der Waals surface area contributed by atoms with Crippen LogP contribution in [0.1, 0.15) is 16.8 Å². The predicted octanol–water partition coefficient (Wildman–Crippen LogP) is 3.13. The van der Waals surface area contributed by atoms with Crippen molar-refractivity contribution in [1.82, 2.24) is 0 Å². The molecule has 0 saturated carbocycles. The molecule has 0 bridgehead atoms. The lowest BCUT2D eigenvalue weighted by molar-refractivity contribution is 0.102. The van der Waals surface area contributed by atoms with Crippen LogP contribution in [0.2, 0.25) is 5.02 Å². The first-order chi connectivity index (χ1) is 11.0. The van der Waals surface area contributed by atoms with Gasteiger partial charge in [-0.15, -0.1) is 0 Å². The largest absolute Gasteiger partial charge is 0.321 e. The Bertz CT molecular complexity index is 852. The van der Waals surface area contributed by atoms with Crippen LogP contribution in [0.15, 0.2) is 48.5 Å². The van der Waals surface area contributed by atoms with Crippen molar-refractivity contribution < 1.29 is 13.2 Å². The van der Waals surface area contributed by atoms with Crippen molar-refractivity contribution in [1.29, 1.82) is 0 Å². The van der Waals surface area contributed by atoms with E-state index in [4.69, 9.17) is 11.6 Å². The third-order valence-electron chi connectivity index (χ3n) is 3.62. The molecule has 0 unspecified atom stereocenters. The molecule has 1 aliphatic rings. The van der Waals surface area contributed by atoms with Crippen molar-refractivity contribution >= 4 is 38.9 Å². The maximum Gasteiger partial charge on any atom is 0.255 e. The summed E-state index contributed by atoms with van der Waals surface area (Å²) >= 11 is 6.03. The number of rotatable bonds is 3. The Morgan fingerprint density at radius 2 is 1.91 bits per heavy atom. The standard InChI is InChI=1S/C16H15ClN2O3S/c17-14-7-1-2-8-15(14)18-16(20)12-5-3-6-13(11-12)19-9-4-10-23(19,21)22/h1-3,5-8,11H,4,9-10H2,(H,18,20). The van der Waals surface area contributed by atoms with Gasteiger partial charge in [0.05, 0.1) is 22.2 Å². The van der Waals surface area contributed by atoms with E-state index >= 15 is 0 Å². The number of sulfonamides is 1. The highest BCUT2D eigenvalue weighted by Gasteiger charge is 2.28. The van der Waals surface area contributed by atoms with E-state index in [2.05, 4.69) is 5.32 Å². The summed E-state index contributed by atoms with van der Waals surface area (Å²) in [6.45, 7) is 0.442. The molecular weight excluding hydrogens is 336 g/mol. The van der Waals surface area contributed by atoms with Crippen molar-refractivity contribution in [2.45, 2.75) is 6.42 Å². The summed E-state index contributed by atoms with van der Waals surface area (Å²) in [5.74, 6) is -0.195. The molecule has 5 nitrogen and oxygen atoms in total. The topological polar surface area (TPSA) is 66.5 Å². The number of nitrogens with zero attached hydrogens (tertiary/aromatic N) is 1. The average Bonchev–Trinajstić information content (AvgIpc) is 2.89. The van der Waals surface area contributed by atoms with Gasteiger partial charge in [-0.2, -0.15) is 0 Å². The molecule has 1 amide bonds. The summed E-state index contributed by atoms with van der Waals surface area (Å²) in [4.78, 5) is 12.4. The number of halogens is 1. The molecule has 7 heteroatoms. The van der Waals surface area contributed by atoms with Gasteiger partial charge in [0.15, 0.2) is 0 Å². The molecule has 2 aromatic carbocycles. The molecular formula is C16H15ClN2O3S. The highest BCUT2D eigenvalue weighted by atomic mass is 35.5. The summed E-state index contributed by atoms with van der Waals surface area (Å²) in [7, 11) is -3.27. The zero-order valence-corrected chi connectivity index (χ0v) is 13.8. The monoisotopic (exact) mass is 350 g/mol. The van der Waals surface area contributed by atoms with E-state index in [0.29, 0.717) is 34.9 Å². The number of hydrogen-bond donors (Lipinski definition) is 1. The van der Waals surface area contributed by atoms with Crippen LogP contribution in [0, 0.1) is 0 Å². The van der Waals surface area contributed by atoms with Crippen molar-refractivity contribution in [3.05, 3.63) is 59.1 Å². The van der Waals surface area contributed by atoms with Gasteiger partial charge >= 0.3 is 0 Å². The summed E-state index contributed by atoms with van der Waals surface area (Å²) in [6.07, 6.45) is 0.596. The molecule has 1 fully saturated rings. The number of nitrogens with one attached hydrogen (secondary N) is 1. The van der Waals surface area contributed by atoms with Gasteiger partial charge in [0.2, 0.25) is 10.0 Å². The van der Waals surface area contributed by atoms with Crippen molar-refractivity contribution in [3.8, 4) is 0 Å². The molecule has 2 aromatic rings. The number of anilines is 2. The lowest BCUT2D eigenvalue weighted by Gasteiger charge is -2.17. The van der Waals surface area contributed by atoms with Crippen molar-refractivity contribution in [2.75, 3.05) is 21.9 Å². The fourth-order valence-electron chi connectivity index (χ4n) is 2.49. The molecule has 3 rings (SSSR count). The molecule has 1 saturated heterocycles. The Kier molecular flexibility index (Phi) is 4.28. The van der Waals surface area contributed by atoms with Crippen LogP contribution >= 0.6 is 11.6 Å². The van der Waals surface area contributed by atoms with Gasteiger partial charge in [0.1, 0.15) is 0 Å². The number of benzene rings is 2. The number of hydrogen-bond acceptors (Lipinski definition) is 3. The minimum Gasteiger partial charge on any atom is -0.321 e. The maximum absolute atomic E-state index is 12.4. The minimum absolute atomic E-state index is 0.142. The van der Waals surface area contributed by atoms with Crippen molar-refractivity contribution in [3.63, 3.8) is 0 Å². The van der Waals surface area contributed by atoms with E-state index in [1.807, 2.05) is 0 Å². The summed E-state index contributed by atoms with van der Waals surface area (Å²) in [6, 6.07) is 13.5. The second kappa shape index (κ2) is 6.22. The normalized spacial score (nSPS) is 16.3. The van der Waals surface area contributed by atoms with Crippen LogP contribution in [0.4, 0.5) is 11.4 Å². The molecule has 120 valence electrons. The summed E-state index contributed by atoms with van der Waals surface area (Å²) < 4.78 is 25.3. The molecule has 1 aliphatic heterocycles. The SMILES string of the molecule is O=C(Nc1ccccc1Cl)c1cccc(N2CCCS2(=O)=O)c1. The minimum atomic E-state index is -3.27. The van der Waals surface area contributed by atoms with Crippen LogP contribution < -0.4 is 9.62 Å². The molecule has 0 atom stereocenters. The molecule has 23 heavy (non-hydrogen) atoms. The molecule has 0 aromatic heterocycles. The molecule has 1 heterocycles. The smallest absolute Gasteiger partial charge is 0.255 e. The zero-order chi connectivity index (χ0) is 16.4. The second-order valence-electron chi connectivity index (χ2n) is 5.23. The maximum atomic E-state index is 12.4. The van der Waals surface area contributed by atoms with E-state index in [1.165, 1.54) is 4.31 Å². The van der Waals surface area contributed by atoms with Gasteiger partial charge in [-0.1, -0.05) is 29.8 Å². The van der Waals surface area contributed by atoms with Gasteiger partial charge in [-0.25, -0.2) is 8.42 Å². The molecule has 0 radical (unpaired) electrons. The Morgan fingerprint density at radius 1 is 1.13 bits per heavy atom. The molecule has 0 aliphatic carbocycles. The number of para-hydroxylation sites is 1. The Labute approximate surface area is 139 Å². The fourth-order valence-corrected chi connectivity index (χ4v) is 4.23. The lowest BCUT2D eigenvalue weighted by Crippen LogP contribution is -2.25. The third-order valence-corrected chi connectivity index (χ3v) is 5.82. The third kappa shape index (κ3) is 3.33. The van der Waals surface area contributed by atoms with Crippen LogP contribution in [-0.2, 0) is 10.0 Å². The van der Waals surface area contributed by atoms with Gasteiger partial charge in [0.25, 0.3) is 5.91 Å². The van der Waals surface area contributed by atoms with Gasteiger partial charge in [0, 0.05) is 12.1 Å². The van der Waals surface area contributed by atoms with E-state index in [-0.39, 0.29) is 11.7 Å². The Morgan fingerprint density at radius 3 is 2.61 bits per heavy atom. The summed E-state index contributed by atoms with van der Waals surface area (Å²) in [5, 5.41) is 3.17. The number of carbonyl (C=O) groups excluding carboxylic acids is 1. The lowest BCUT2D eigenvalue weighted by atomic mass is 10.1. The number of carbonyl (C=O) groups is 1. The molecule has 0 spiro atoms. The highest BCUT2D eigenvalue weighted by molar-refractivity contribution is 7.93. The van der Waals surface area contributed by atoms with Crippen LogP contribution in [-0.4, -0.2) is 26.6 Å². The van der Waals surface area contributed by atoms with Crippen LogP contribution in [0.25, 0.3) is 0 Å². The van der Waals surface area contributed by atoms with E-state index in [1.54, 1.807) is 48.5 Å². The first-order valence-corrected chi connectivity index (χ1v) is 9.12. The second-order valence-corrected chi connectivity index (χ2v) is 7.65. The fraction of sp³-hybridized carbons (Fsp3) is 0.188. The Balaban J connectivity index is 1.85. The first-order valence-electron chi connectivity index (χ1n) is 7.14. The zero-order valence-electron chi connectivity index (χ0n) is 12.2. The molecule has 1 N–H and O–H groups in total. The van der Waals surface area contributed by atoms with Gasteiger partial charge in [-0.3, -0.25) is 9.10 Å². The van der Waals surface area contributed by atoms with E-state index < -0.39 is 10.0 Å². The number of amides is 1. The van der Waals surface area contributed by atoms with Crippen molar-refractivity contribution in [2.24, 2.45) is 0 Å². The predicted molar refractivity (Wildman–Crippen MR) is 91.6 cm³/mol. The highest BCUT2D eigenvalue weighted by Crippen LogP contribution is 2.26. The van der Waals surface area contributed by atoms with Gasteiger partial charge < -0.3 is 5.32 Å². The van der Waals surface area contributed by atoms with Gasteiger partial charge in [-0.05, 0) is 36.8 Å². The summed E-state index contributed by atoms with van der Waals surface area (Å²) in [5.41, 5.74) is 1.40. The van der Waals surface area contributed by atoms with Crippen LogP contribution in [0.5, 0.6) is 0 Å². The first kappa shape index (κ1) is 15.8.